The van der Waals surface area contributed by atoms with Crippen LogP contribution in [0, 0.1) is 17.8 Å². The van der Waals surface area contributed by atoms with Crippen molar-refractivity contribution < 1.29 is 22.8 Å². The second kappa shape index (κ2) is 6.32. The molecule has 0 aromatic rings. The number of carbonyl (C=O) groups is 2. The second-order valence-corrected chi connectivity index (χ2v) is 7.06. The van der Waals surface area contributed by atoms with Crippen molar-refractivity contribution in [3.05, 3.63) is 0 Å². The Morgan fingerprint density at radius 2 is 1.35 bits per heavy atom. The van der Waals surface area contributed by atoms with Crippen LogP contribution in [0.4, 0.5) is 13.2 Å². The number of amides is 2. The van der Waals surface area contributed by atoms with Gasteiger partial charge in [0, 0.05) is 32.1 Å². The van der Waals surface area contributed by atoms with E-state index in [1.54, 1.807) is 4.90 Å². The SMILES string of the molecule is O=C(C1CC1)N1CCCC(C(=O)N2CCCC(C(F)(F)F)C2)C1. The fraction of sp³-hybridized carbons (Fsp3) is 0.875. The van der Waals surface area contributed by atoms with E-state index in [2.05, 4.69) is 0 Å². The summed E-state index contributed by atoms with van der Waals surface area (Å²) in [5.74, 6) is -1.71. The van der Waals surface area contributed by atoms with Crippen molar-refractivity contribution in [2.75, 3.05) is 26.2 Å². The Labute approximate surface area is 134 Å². The van der Waals surface area contributed by atoms with Crippen molar-refractivity contribution in [2.24, 2.45) is 17.8 Å². The summed E-state index contributed by atoms with van der Waals surface area (Å²) in [5, 5.41) is 0. The van der Waals surface area contributed by atoms with E-state index in [0.29, 0.717) is 32.5 Å². The average molecular weight is 332 g/mol. The Morgan fingerprint density at radius 1 is 0.783 bits per heavy atom. The molecule has 0 spiro atoms. The summed E-state index contributed by atoms with van der Waals surface area (Å²) in [5.41, 5.74) is 0. The van der Waals surface area contributed by atoms with Crippen LogP contribution in [0.3, 0.4) is 0 Å². The van der Waals surface area contributed by atoms with Gasteiger partial charge in [0.2, 0.25) is 11.8 Å². The third-order valence-electron chi connectivity index (χ3n) is 5.20. The summed E-state index contributed by atoms with van der Waals surface area (Å²) in [4.78, 5) is 27.9. The summed E-state index contributed by atoms with van der Waals surface area (Å²) in [6, 6.07) is 0. The molecule has 3 aliphatic rings. The van der Waals surface area contributed by atoms with Crippen LogP contribution in [0.25, 0.3) is 0 Å². The molecule has 0 radical (unpaired) electrons. The van der Waals surface area contributed by atoms with Gasteiger partial charge >= 0.3 is 6.18 Å². The minimum Gasteiger partial charge on any atom is -0.342 e. The predicted octanol–water partition coefficient (Wildman–Crippen LogP) is 2.44. The molecule has 1 aliphatic carbocycles. The average Bonchev–Trinajstić information content (AvgIpc) is 3.38. The molecule has 0 bridgehead atoms. The molecule has 3 fully saturated rings. The van der Waals surface area contributed by atoms with Crippen LogP contribution in [-0.2, 0) is 9.59 Å². The van der Waals surface area contributed by atoms with Crippen LogP contribution in [0.1, 0.15) is 38.5 Å². The van der Waals surface area contributed by atoms with Crippen LogP contribution in [0.15, 0.2) is 0 Å². The maximum Gasteiger partial charge on any atom is 0.393 e. The lowest BCUT2D eigenvalue weighted by Gasteiger charge is -2.38. The number of halogens is 3. The zero-order valence-electron chi connectivity index (χ0n) is 13.1. The molecule has 3 rings (SSSR count). The number of likely N-dealkylation sites (tertiary alicyclic amines) is 2. The van der Waals surface area contributed by atoms with Gasteiger partial charge in [0.15, 0.2) is 0 Å². The molecular weight excluding hydrogens is 309 g/mol. The van der Waals surface area contributed by atoms with E-state index in [1.165, 1.54) is 4.90 Å². The molecule has 1 saturated carbocycles. The number of alkyl halides is 3. The molecule has 2 saturated heterocycles. The minimum atomic E-state index is -4.24. The molecule has 23 heavy (non-hydrogen) atoms. The van der Waals surface area contributed by atoms with Crippen molar-refractivity contribution in [2.45, 2.75) is 44.7 Å². The number of carbonyl (C=O) groups excluding carboxylic acids is 2. The summed E-state index contributed by atoms with van der Waals surface area (Å²) in [6.07, 6.45) is -0.469. The van der Waals surface area contributed by atoms with Crippen molar-refractivity contribution in [3.8, 4) is 0 Å². The number of hydrogen-bond acceptors (Lipinski definition) is 2. The van der Waals surface area contributed by atoms with Gasteiger partial charge in [-0.1, -0.05) is 0 Å². The third kappa shape index (κ3) is 3.80. The molecule has 2 aliphatic heterocycles. The molecule has 130 valence electrons. The summed E-state index contributed by atoms with van der Waals surface area (Å²) in [6.45, 7) is 1.22. The minimum absolute atomic E-state index is 0.101. The number of rotatable bonds is 2. The Hall–Kier alpha value is -1.27. The van der Waals surface area contributed by atoms with Crippen LogP contribution in [0.5, 0.6) is 0 Å². The molecule has 7 heteroatoms. The molecule has 0 aromatic carbocycles. The van der Waals surface area contributed by atoms with Crippen LogP contribution in [-0.4, -0.2) is 54.0 Å². The van der Waals surface area contributed by atoms with E-state index in [4.69, 9.17) is 0 Å². The normalized spacial score (nSPS) is 29.5. The fourth-order valence-corrected chi connectivity index (χ4v) is 3.67. The molecule has 2 atom stereocenters. The van der Waals surface area contributed by atoms with E-state index in [1.807, 2.05) is 0 Å². The Balaban J connectivity index is 1.59. The molecule has 0 N–H and O–H groups in total. The third-order valence-corrected chi connectivity index (χ3v) is 5.20. The van der Waals surface area contributed by atoms with E-state index in [9.17, 15) is 22.8 Å². The van der Waals surface area contributed by atoms with E-state index >= 15 is 0 Å². The molecular formula is C16H23F3N2O2. The number of hydrogen-bond donors (Lipinski definition) is 0. The summed E-state index contributed by atoms with van der Waals surface area (Å²) in [7, 11) is 0. The van der Waals surface area contributed by atoms with Gasteiger partial charge in [-0.05, 0) is 38.5 Å². The van der Waals surface area contributed by atoms with Gasteiger partial charge in [-0.15, -0.1) is 0 Å². The first-order valence-electron chi connectivity index (χ1n) is 8.50. The molecule has 4 nitrogen and oxygen atoms in total. The van der Waals surface area contributed by atoms with Crippen LogP contribution >= 0.6 is 0 Å². The lowest BCUT2D eigenvalue weighted by molar-refractivity contribution is -0.189. The van der Waals surface area contributed by atoms with Gasteiger partial charge in [-0.25, -0.2) is 0 Å². The van der Waals surface area contributed by atoms with Gasteiger partial charge in [0.05, 0.1) is 11.8 Å². The lowest BCUT2D eigenvalue weighted by atomic mass is 9.92. The number of nitrogens with zero attached hydrogens (tertiary/aromatic N) is 2. The van der Waals surface area contributed by atoms with Crippen molar-refractivity contribution in [1.82, 2.24) is 9.80 Å². The summed E-state index contributed by atoms with van der Waals surface area (Å²) < 4.78 is 38.7. The maximum absolute atomic E-state index is 12.9. The standard InChI is InChI=1S/C16H23F3N2O2/c17-16(18,19)13-4-2-8-21(10-13)15(23)12-3-1-7-20(9-12)14(22)11-5-6-11/h11-13H,1-10H2. The molecule has 2 heterocycles. The first-order valence-corrected chi connectivity index (χ1v) is 8.50. The fourth-order valence-electron chi connectivity index (χ4n) is 3.67. The van der Waals surface area contributed by atoms with E-state index in [-0.39, 0.29) is 36.6 Å². The highest BCUT2D eigenvalue weighted by Crippen LogP contribution is 2.35. The Morgan fingerprint density at radius 3 is 1.96 bits per heavy atom. The highest BCUT2D eigenvalue weighted by molar-refractivity contribution is 5.83. The molecule has 2 unspecified atom stereocenters. The molecule has 0 aromatic heterocycles. The summed E-state index contributed by atoms with van der Waals surface area (Å²) >= 11 is 0. The Kier molecular flexibility index (Phi) is 4.56. The van der Waals surface area contributed by atoms with Gasteiger partial charge in [-0.3, -0.25) is 9.59 Å². The first kappa shape index (κ1) is 16.6. The van der Waals surface area contributed by atoms with Crippen molar-refractivity contribution in [1.29, 1.82) is 0 Å². The highest BCUT2D eigenvalue weighted by atomic mass is 19.4. The smallest absolute Gasteiger partial charge is 0.342 e. The second-order valence-electron chi connectivity index (χ2n) is 7.06. The van der Waals surface area contributed by atoms with E-state index in [0.717, 1.165) is 19.3 Å². The van der Waals surface area contributed by atoms with Gasteiger partial charge in [0.1, 0.15) is 0 Å². The topological polar surface area (TPSA) is 40.6 Å². The zero-order valence-corrected chi connectivity index (χ0v) is 13.1. The van der Waals surface area contributed by atoms with Gasteiger partial charge < -0.3 is 9.80 Å². The Bertz CT molecular complexity index is 476. The van der Waals surface area contributed by atoms with Gasteiger partial charge in [0.25, 0.3) is 0 Å². The van der Waals surface area contributed by atoms with Crippen molar-refractivity contribution in [3.63, 3.8) is 0 Å². The van der Waals surface area contributed by atoms with E-state index < -0.39 is 12.1 Å². The van der Waals surface area contributed by atoms with Crippen molar-refractivity contribution >= 4 is 11.8 Å². The quantitative estimate of drug-likeness (QED) is 0.779. The maximum atomic E-state index is 12.9. The predicted molar refractivity (Wildman–Crippen MR) is 77.4 cm³/mol. The van der Waals surface area contributed by atoms with Gasteiger partial charge in [-0.2, -0.15) is 13.2 Å². The monoisotopic (exact) mass is 332 g/mol. The number of piperidine rings is 2. The highest BCUT2D eigenvalue weighted by Gasteiger charge is 2.44. The first-order chi connectivity index (χ1) is 10.9. The largest absolute Gasteiger partial charge is 0.393 e. The zero-order chi connectivity index (χ0) is 16.6. The lowest BCUT2D eigenvalue weighted by Crippen LogP contribution is -2.51. The van der Waals surface area contributed by atoms with Crippen LogP contribution in [0.2, 0.25) is 0 Å². The molecule has 2 amide bonds. The van der Waals surface area contributed by atoms with Crippen LogP contribution < -0.4 is 0 Å².